The molecule has 1 unspecified atom stereocenters. The van der Waals surface area contributed by atoms with E-state index >= 15 is 0 Å². The van der Waals surface area contributed by atoms with Crippen molar-refractivity contribution < 1.29 is 15.0 Å². The van der Waals surface area contributed by atoms with E-state index in [9.17, 15) is 9.90 Å². The Hall–Kier alpha value is -2.14. The molecule has 18 heavy (non-hydrogen) atoms. The molecule has 0 aliphatic carbocycles. The second-order valence-corrected chi connectivity index (χ2v) is 4.22. The largest absolute Gasteiger partial charge is 0.477 e. The topological polar surface area (TPSA) is 86.2 Å². The first-order chi connectivity index (χ1) is 8.56. The number of hydrogen-bond acceptors (Lipinski definition) is 3. The Balaban J connectivity index is 2.20. The summed E-state index contributed by atoms with van der Waals surface area (Å²) in [5, 5.41) is 24.5. The quantitative estimate of drug-likeness (QED) is 0.766. The van der Waals surface area contributed by atoms with Crippen molar-refractivity contribution in [3.63, 3.8) is 0 Å². The summed E-state index contributed by atoms with van der Waals surface area (Å²) in [7, 11) is 0. The maximum absolute atomic E-state index is 10.7. The summed E-state index contributed by atoms with van der Waals surface area (Å²) in [6, 6.07) is 9.01. The van der Waals surface area contributed by atoms with Gasteiger partial charge in [0.1, 0.15) is 5.69 Å². The number of carboxylic acid groups (broad SMARTS) is 1. The molecule has 1 aromatic carbocycles. The molecule has 5 nitrogen and oxygen atoms in total. The molecule has 0 amide bonds. The molecule has 3 N–H and O–H groups in total. The summed E-state index contributed by atoms with van der Waals surface area (Å²) in [4.78, 5) is 10.7. The molecule has 0 aliphatic heterocycles. The first-order valence-corrected chi connectivity index (χ1v) is 5.62. The molecule has 0 spiro atoms. The van der Waals surface area contributed by atoms with Gasteiger partial charge in [-0.1, -0.05) is 24.3 Å². The summed E-state index contributed by atoms with van der Waals surface area (Å²) in [5.74, 6) is -1.03. The van der Waals surface area contributed by atoms with E-state index < -0.39 is 5.97 Å². The predicted octanol–water partition coefficient (Wildman–Crippen LogP) is 1.70. The number of H-pyrrole nitrogens is 1. The molecule has 0 aliphatic rings. The number of aliphatic hydroxyl groups excluding tert-OH is 1. The van der Waals surface area contributed by atoms with Crippen molar-refractivity contribution >= 4 is 5.97 Å². The SMILES string of the molecule is CC(O)Cc1ccc(-c2cc(C(=O)O)[nH]n2)cc1. The van der Waals surface area contributed by atoms with Gasteiger partial charge in [-0.15, -0.1) is 0 Å². The van der Waals surface area contributed by atoms with E-state index in [2.05, 4.69) is 10.2 Å². The lowest BCUT2D eigenvalue weighted by Crippen LogP contribution is -2.03. The number of aromatic carboxylic acids is 1. The predicted molar refractivity (Wildman–Crippen MR) is 66.4 cm³/mol. The number of carboxylic acids is 1. The molecule has 2 aromatic rings. The summed E-state index contributed by atoms with van der Waals surface area (Å²) in [6.45, 7) is 1.74. The third-order valence-electron chi connectivity index (χ3n) is 2.59. The highest BCUT2D eigenvalue weighted by atomic mass is 16.4. The first-order valence-electron chi connectivity index (χ1n) is 5.62. The highest BCUT2D eigenvalue weighted by molar-refractivity contribution is 5.86. The van der Waals surface area contributed by atoms with Crippen molar-refractivity contribution in [3.8, 4) is 11.3 Å². The van der Waals surface area contributed by atoms with Crippen molar-refractivity contribution in [3.05, 3.63) is 41.6 Å². The van der Waals surface area contributed by atoms with Crippen LogP contribution in [0.5, 0.6) is 0 Å². The van der Waals surface area contributed by atoms with Crippen molar-refractivity contribution in [1.29, 1.82) is 0 Å². The summed E-state index contributed by atoms with van der Waals surface area (Å²) < 4.78 is 0. The molecule has 0 radical (unpaired) electrons. The summed E-state index contributed by atoms with van der Waals surface area (Å²) in [5.41, 5.74) is 2.53. The molecule has 0 saturated heterocycles. The fourth-order valence-corrected chi connectivity index (χ4v) is 1.73. The third-order valence-corrected chi connectivity index (χ3v) is 2.59. The zero-order valence-electron chi connectivity index (χ0n) is 9.92. The van der Waals surface area contributed by atoms with Crippen molar-refractivity contribution in [2.75, 3.05) is 0 Å². The number of nitrogens with one attached hydrogen (secondary N) is 1. The van der Waals surface area contributed by atoms with Crippen LogP contribution in [0.1, 0.15) is 23.0 Å². The number of nitrogens with zero attached hydrogens (tertiary/aromatic N) is 1. The Morgan fingerprint density at radius 2 is 2.06 bits per heavy atom. The molecular weight excluding hydrogens is 232 g/mol. The average molecular weight is 246 g/mol. The van der Waals surface area contributed by atoms with Crippen LogP contribution in [-0.2, 0) is 6.42 Å². The van der Waals surface area contributed by atoms with E-state index in [0.717, 1.165) is 11.1 Å². The van der Waals surface area contributed by atoms with Crippen molar-refractivity contribution in [2.45, 2.75) is 19.4 Å². The maximum Gasteiger partial charge on any atom is 0.353 e. The standard InChI is InChI=1S/C13H14N2O3/c1-8(16)6-9-2-4-10(5-3-9)11-7-12(13(17)18)15-14-11/h2-5,7-8,16H,6H2,1H3,(H,14,15)(H,17,18). The Kier molecular flexibility index (Phi) is 3.43. The summed E-state index contributed by atoms with van der Waals surface area (Å²) >= 11 is 0. The number of carbonyl (C=O) groups is 1. The van der Waals surface area contributed by atoms with Crippen LogP contribution in [0.4, 0.5) is 0 Å². The van der Waals surface area contributed by atoms with Crippen LogP contribution < -0.4 is 0 Å². The zero-order chi connectivity index (χ0) is 13.1. The van der Waals surface area contributed by atoms with Crippen LogP contribution in [0, 0.1) is 0 Å². The van der Waals surface area contributed by atoms with Crippen LogP contribution >= 0.6 is 0 Å². The van der Waals surface area contributed by atoms with Crippen LogP contribution in [0.25, 0.3) is 11.3 Å². The Bertz CT molecular complexity index is 544. The molecule has 94 valence electrons. The van der Waals surface area contributed by atoms with E-state index in [1.165, 1.54) is 6.07 Å². The monoisotopic (exact) mass is 246 g/mol. The number of aromatic amines is 1. The number of aliphatic hydroxyl groups is 1. The molecule has 5 heteroatoms. The normalized spacial score (nSPS) is 12.3. The highest BCUT2D eigenvalue weighted by Crippen LogP contribution is 2.18. The third kappa shape index (κ3) is 2.75. The lowest BCUT2D eigenvalue weighted by atomic mass is 10.0. The minimum atomic E-state index is -1.03. The molecule has 0 saturated carbocycles. The first kappa shape index (κ1) is 12.3. The summed E-state index contributed by atoms with van der Waals surface area (Å²) in [6.07, 6.45) is 0.223. The fraction of sp³-hybridized carbons (Fsp3) is 0.231. The molecule has 0 bridgehead atoms. The lowest BCUT2D eigenvalue weighted by Gasteiger charge is -2.04. The number of rotatable bonds is 4. The Morgan fingerprint density at radius 3 is 2.56 bits per heavy atom. The van der Waals surface area contributed by atoms with Crippen LogP contribution in [0.2, 0.25) is 0 Å². The molecule has 1 atom stereocenters. The number of aromatic nitrogens is 2. The highest BCUT2D eigenvalue weighted by Gasteiger charge is 2.09. The van der Waals surface area contributed by atoms with E-state index in [0.29, 0.717) is 12.1 Å². The van der Waals surface area contributed by atoms with E-state index in [1.807, 2.05) is 24.3 Å². The second kappa shape index (κ2) is 5.01. The van der Waals surface area contributed by atoms with Gasteiger partial charge in [0.05, 0.1) is 11.8 Å². The van der Waals surface area contributed by atoms with Crippen LogP contribution in [-0.4, -0.2) is 32.5 Å². The fourth-order valence-electron chi connectivity index (χ4n) is 1.73. The smallest absolute Gasteiger partial charge is 0.353 e. The Morgan fingerprint density at radius 1 is 1.39 bits per heavy atom. The van der Waals surface area contributed by atoms with Gasteiger partial charge in [0.25, 0.3) is 0 Å². The van der Waals surface area contributed by atoms with Gasteiger partial charge in [-0.3, -0.25) is 5.10 Å². The molecule has 1 aromatic heterocycles. The number of benzene rings is 1. The van der Waals surface area contributed by atoms with E-state index in [4.69, 9.17) is 5.11 Å². The van der Waals surface area contributed by atoms with Crippen molar-refractivity contribution in [1.82, 2.24) is 10.2 Å². The minimum Gasteiger partial charge on any atom is -0.477 e. The number of hydrogen-bond donors (Lipinski definition) is 3. The van der Waals surface area contributed by atoms with Gasteiger partial charge in [0, 0.05) is 5.56 Å². The van der Waals surface area contributed by atoms with E-state index in [1.54, 1.807) is 6.92 Å². The lowest BCUT2D eigenvalue weighted by molar-refractivity contribution is 0.0690. The minimum absolute atomic E-state index is 0.0676. The van der Waals surface area contributed by atoms with Gasteiger partial charge in [-0.2, -0.15) is 5.10 Å². The van der Waals surface area contributed by atoms with Gasteiger partial charge < -0.3 is 10.2 Å². The Labute approximate surface area is 104 Å². The zero-order valence-corrected chi connectivity index (χ0v) is 9.92. The van der Waals surface area contributed by atoms with Gasteiger partial charge in [-0.25, -0.2) is 4.79 Å². The maximum atomic E-state index is 10.7. The van der Waals surface area contributed by atoms with E-state index in [-0.39, 0.29) is 11.8 Å². The van der Waals surface area contributed by atoms with Crippen molar-refractivity contribution in [2.24, 2.45) is 0 Å². The van der Waals surface area contributed by atoms with Gasteiger partial charge in [0.2, 0.25) is 0 Å². The van der Waals surface area contributed by atoms with Crippen LogP contribution in [0.15, 0.2) is 30.3 Å². The van der Waals surface area contributed by atoms with Gasteiger partial charge >= 0.3 is 5.97 Å². The average Bonchev–Trinajstić information content (AvgIpc) is 2.78. The second-order valence-electron chi connectivity index (χ2n) is 4.22. The van der Waals surface area contributed by atoms with Gasteiger partial charge in [-0.05, 0) is 25.0 Å². The molecule has 0 fully saturated rings. The van der Waals surface area contributed by atoms with Crippen LogP contribution in [0.3, 0.4) is 0 Å². The van der Waals surface area contributed by atoms with Gasteiger partial charge in [0.15, 0.2) is 0 Å². The molecule has 2 rings (SSSR count). The molecular formula is C13H14N2O3. The molecule has 1 heterocycles.